The monoisotopic (exact) mass is 752 g/mol. The lowest BCUT2D eigenvalue weighted by atomic mass is 9.80. The Morgan fingerprint density at radius 2 is 1.31 bits per heavy atom. The Morgan fingerprint density at radius 3 is 1.80 bits per heavy atom. The number of hydrogen-bond donors (Lipinski definition) is 1. The number of aromatic amines is 1. The van der Waals surface area contributed by atoms with Gasteiger partial charge in [0.25, 0.3) is 5.56 Å². The Labute approximate surface area is 303 Å². The molecule has 274 valence electrons. The SMILES string of the molecule is COc1ccc(C(OC[C@H]2O[C@@H](n3cc(C)c(=O)[nH]c3=O)C[C@@H]2OP(O[Si](C)(C)C)O[Si](C)(C)C)(c2ccccc2)c2ccc(OC)cc2)cc1. The summed E-state index contributed by atoms with van der Waals surface area (Å²) in [6.07, 6.45) is -0.154. The number of nitrogens with zero attached hydrogens (tertiary/aromatic N) is 1. The van der Waals surface area contributed by atoms with Crippen molar-refractivity contribution < 1.29 is 31.9 Å². The highest BCUT2D eigenvalue weighted by atomic mass is 31.2. The minimum atomic E-state index is -2.10. The highest BCUT2D eigenvalue weighted by molar-refractivity contribution is 7.45. The molecule has 3 aromatic carbocycles. The zero-order valence-corrected chi connectivity index (χ0v) is 33.7. The molecule has 1 N–H and O–H groups in total. The number of H-pyrrole nitrogens is 1. The van der Waals surface area contributed by atoms with E-state index in [2.05, 4.69) is 44.3 Å². The summed E-state index contributed by atoms with van der Waals surface area (Å²) >= 11 is 0. The van der Waals surface area contributed by atoms with Crippen LogP contribution in [-0.4, -0.2) is 59.2 Å². The molecule has 1 fully saturated rings. The van der Waals surface area contributed by atoms with Crippen LogP contribution < -0.4 is 20.7 Å². The Hall–Kier alpha value is -3.40. The van der Waals surface area contributed by atoms with E-state index in [4.69, 9.17) is 31.9 Å². The summed E-state index contributed by atoms with van der Waals surface area (Å²) in [4.78, 5) is 27.7. The Balaban J connectivity index is 1.59. The third-order valence-electron chi connectivity index (χ3n) is 8.19. The molecule has 11 nitrogen and oxygen atoms in total. The molecule has 51 heavy (non-hydrogen) atoms. The van der Waals surface area contributed by atoms with Crippen LogP contribution in [0.15, 0.2) is 94.6 Å². The van der Waals surface area contributed by atoms with Gasteiger partial charge >= 0.3 is 14.3 Å². The van der Waals surface area contributed by atoms with Gasteiger partial charge in [0.15, 0.2) is 16.6 Å². The number of hydrogen-bond acceptors (Lipinski definition) is 9. The van der Waals surface area contributed by atoms with Crippen molar-refractivity contribution in [1.82, 2.24) is 9.55 Å². The summed E-state index contributed by atoms with van der Waals surface area (Å²) in [5, 5.41) is 0. The van der Waals surface area contributed by atoms with E-state index in [0.29, 0.717) is 23.5 Å². The molecule has 2 heterocycles. The lowest BCUT2D eigenvalue weighted by molar-refractivity contribution is -0.0921. The van der Waals surface area contributed by atoms with E-state index < -0.39 is 60.5 Å². The molecular formula is C37H49N2O9PSi2. The van der Waals surface area contributed by atoms with Crippen LogP contribution in [0.4, 0.5) is 0 Å². The van der Waals surface area contributed by atoms with Crippen LogP contribution in [0.1, 0.15) is 34.9 Å². The molecule has 0 spiro atoms. The predicted molar refractivity (Wildman–Crippen MR) is 204 cm³/mol. The van der Waals surface area contributed by atoms with Gasteiger partial charge in [-0.15, -0.1) is 0 Å². The van der Waals surface area contributed by atoms with E-state index >= 15 is 0 Å². The van der Waals surface area contributed by atoms with E-state index in [0.717, 1.165) is 16.7 Å². The van der Waals surface area contributed by atoms with Crippen LogP contribution in [0.5, 0.6) is 11.5 Å². The summed E-state index contributed by atoms with van der Waals surface area (Å²) in [6, 6.07) is 25.6. The van der Waals surface area contributed by atoms with E-state index in [9.17, 15) is 9.59 Å². The molecule has 0 aliphatic carbocycles. The van der Waals surface area contributed by atoms with Crippen LogP contribution in [-0.2, 0) is 28.0 Å². The molecule has 1 aliphatic heterocycles. The van der Waals surface area contributed by atoms with Crippen molar-refractivity contribution in [2.75, 3.05) is 20.8 Å². The molecule has 3 atom stereocenters. The summed E-state index contributed by atoms with van der Waals surface area (Å²) in [5.41, 5.74) is 0.909. The summed E-state index contributed by atoms with van der Waals surface area (Å²) < 4.78 is 45.9. The molecule has 0 saturated carbocycles. The van der Waals surface area contributed by atoms with Crippen LogP contribution in [0.2, 0.25) is 39.3 Å². The average Bonchev–Trinajstić information content (AvgIpc) is 3.48. The molecule has 0 bridgehead atoms. The van der Waals surface area contributed by atoms with Gasteiger partial charge < -0.3 is 31.9 Å². The quantitative estimate of drug-likeness (QED) is 0.0749. The zero-order chi connectivity index (χ0) is 37.0. The predicted octanol–water partition coefficient (Wildman–Crippen LogP) is 7.47. The first kappa shape index (κ1) is 38.8. The molecule has 0 amide bonds. The minimum absolute atomic E-state index is 0.0638. The maximum atomic E-state index is 13.1. The topological polar surface area (TPSA) is 119 Å². The van der Waals surface area contributed by atoms with Crippen LogP contribution in [0, 0.1) is 6.92 Å². The second kappa shape index (κ2) is 16.1. The first-order chi connectivity index (χ1) is 24.1. The molecule has 1 saturated heterocycles. The van der Waals surface area contributed by atoms with Crippen molar-refractivity contribution in [2.24, 2.45) is 0 Å². The molecule has 1 aromatic heterocycles. The summed E-state index contributed by atoms with van der Waals surface area (Å²) in [5.74, 6) is 1.43. The van der Waals surface area contributed by atoms with E-state index in [-0.39, 0.29) is 6.61 Å². The van der Waals surface area contributed by atoms with Crippen molar-refractivity contribution in [3.05, 3.63) is 128 Å². The highest BCUT2D eigenvalue weighted by Gasteiger charge is 2.45. The lowest BCUT2D eigenvalue weighted by Crippen LogP contribution is -2.39. The van der Waals surface area contributed by atoms with Crippen LogP contribution in [0.25, 0.3) is 0 Å². The maximum absolute atomic E-state index is 13.1. The number of methoxy groups -OCH3 is 2. The molecular weight excluding hydrogens is 704 g/mol. The fourth-order valence-corrected chi connectivity index (χ4v) is 10.7. The van der Waals surface area contributed by atoms with Crippen LogP contribution >= 0.6 is 8.60 Å². The van der Waals surface area contributed by atoms with E-state index in [1.807, 2.05) is 78.9 Å². The van der Waals surface area contributed by atoms with Crippen molar-refractivity contribution in [2.45, 2.75) is 76.7 Å². The number of nitrogens with one attached hydrogen (secondary N) is 1. The standard InChI is InChI=1S/C37H49N2O9PSi2/c1-26-24-39(36(41)38-35(26)40)34-23-32(46-49(47-50(4,5)6)48-51(7,8)9)33(45-34)25-44-37(27-13-11-10-12-14-27,28-15-19-30(42-2)20-16-28)29-17-21-31(43-3)22-18-29/h10-22,24,32-34H,23,25H2,1-9H3,(H,38,40,41)/t32-,33+,34+/m0/s1. The highest BCUT2D eigenvalue weighted by Crippen LogP contribution is 2.50. The second-order valence-corrected chi connectivity index (χ2v) is 25.0. The first-order valence-electron chi connectivity index (χ1n) is 16.9. The van der Waals surface area contributed by atoms with Gasteiger partial charge in [-0.3, -0.25) is 14.3 Å². The van der Waals surface area contributed by atoms with Crippen molar-refractivity contribution >= 4 is 25.2 Å². The van der Waals surface area contributed by atoms with Gasteiger partial charge in [-0.1, -0.05) is 54.6 Å². The molecule has 14 heteroatoms. The maximum Gasteiger partial charge on any atom is 0.330 e. The van der Waals surface area contributed by atoms with Gasteiger partial charge in [0.2, 0.25) is 0 Å². The Bertz CT molecular complexity index is 1790. The van der Waals surface area contributed by atoms with Crippen molar-refractivity contribution in [1.29, 1.82) is 0 Å². The fraction of sp³-hybridized carbons (Fsp3) is 0.405. The molecule has 4 aromatic rings. The number of rotatable bonds is 15. The Kier molecular flexibility index (Phi) is 12.3. The third kappa shape index (κ3) is 9.54. The zero-order valence-electron chi connectivity index (χ0n) is 30.8. The first-order valence-corrected chi connectivity index (χ1v) is 24.8. The molecule has 1 aliphatic rings. The van der Waals surface area contributed by atoms with Gasteiger partial charge in [0.05, 0.1) is 26.9 Å². The number of ether oxygens (including phenoxy) is 4. The smallest absolute Gasteiger partial charge is 0.330 e. The average molecular weight is 753 g/mol. The second-order valence-electron chi connectivity index (χ2n) is 14.4. The Morgan fingerprint density at radius 1 is 0.804 bits per heavy atom. The summed E-state index contributed by atoms with van der Waals surface area (Å²) in [7, 11) is -2.68. The van der Waals surface area contributed by atoms with Gasteiger partial charge in [0, 0.05) is 18.2 Å². The van der Waals surface area contributed by atoms with Gasteiger partial charge in [-0.25, -0.2) is 4.79 Å². The number of aryl methyl sites for hydroxylation is 1. The minimum Gasteiger partial charge on any atom is -0.497 e. The van der Waals surface area contributed by atoms with Gasteiger partial charge in [0.1, 0.15) is 29.4 Å². The molecule has 0 unspecified atom stereocenters. The third-order valence-corrected chi connectivity index (χ3v) is 14.2. The molecule has 0 radical (unpaired) electrons. The lowest BCUT2D eigenvalue weighted by Gasteiger charge is -2.37. The van der Waals surface area contributed by atoms with Gasteiger partial charge in [-0.05, 0) is 87.2 Å². The van der Waals surface area contributed by atoms with Crippen molar-refractivity contribution in [3.8, 4) is 11.5 Å². The van der Waals surface area contributed by atoms with E-state index in [1.165, 1.54) is 10.8 Å². The fourth-order valence-electron chi connectivity index (χ4n) is 5.83. The summed E-state index contributed by atoms with van der Waals surface area (Å²) in [6.45, 7) is 14.3. The van der Waals surface area contributed by atoms with E-state index in [1.54, 1.807) is 21.1 Å². The van der Waals surface area contributed by atoms with Crippen molar-refractivity contribution in [3.63, 3.8) is 0 Å². The largest absolute Gasteiger partial charge is 0.497 e. The van der Waals surface area contributed by atoms with Crippen LogP contribution in [0.3, 0.4) is 0 Å². The number of aromatic nitrogens is 2. The number of benzene rings is 3. The van der Waals surface area contributed by atoms with Gasteiger partial charge in [-0.2, -0.15) is 0 Å². The molecule has 5 rings (SSSR count). The normalized spacial score (nSPS) is 18.3.